The van der Waals surface area contributed by atoms with E-state index in [-0.39, 0.29) is 22.7 Å². The van der Waals surface area contributed by atoms with E-state index in [9.17, 15) is 19.2 Å². The van der Waals surface area contributed by atoms with E-state index < -0.39 is 17.4 Å². The number of imide groups is 1. The zero-order valence-electron chi connectivity index (χ0n) is 13.9. The lowest BCUT2D eigenvalue weighted by molar-refractivity contribution is 0.0879. The van der Waals surface area contributed by atoms with Crippen molar-refractivity contribution >= 4 is 23.4 Å². The quantitative estimate of drug-likeness (QED) is 0.544. The summed E-state index contributed by atoms with van der Waals surface area (Å²) < 4.78 is 1.11. The van der Waals surface area contributed by atoms with Crippen LogP contribution in [-0.4, -0.2) is 22.2 Å². The molecule has 0 radical (unpaired) electrons. The molecule has 3 N–H and O–H groups in total. The average molecular weight is 359 g/mol. The van der Waals surface area contributed by atoms with Gasteiger partial charge in [-0.2, -0.15) is 0 Å². The Morgan fingerprint density at radius 2 is 1.56 bits per heavy atom. The van der Waals surface area contributed by atoms with Crippen molar-refractivity contribution in [2.45, 2.75) is 0 Å². The number of carbonyl (C=O) groups is 3. The molecule has 0 fully saturated rings. The monoisotopic (exact) mass is 359 g/mol. The van der Waals surface area contributed by atoms with Gasteiger partial charge in [-0.05, 0) is 12.1 Å². The van der Waals surface area contributed by atoms with Crippen LogP contribution in [0.15, 0.2) is 65.5 Å². The Hall–Kier alpha value is -4.00. The highest BCUT2D eigenvalue weighted by atomic mass is 16.2. The summed E-state index contributed by atoms with van der Waals surface area (Å²) in [5.41, 5.74) is 6.57. The molecule has 0 unspecified atom stereocenters. The van der Waals surface area contributed by atoms with Crippen molar-refractivity contribution in [3.05, 3.63) is 93.3 Å². The largest absolute Gasteiger partial charge is 0.384 e. The minimum Gasteiger partial charge on any atom is -0.384 e. The Morgan fingerprint density at radius 3 is 2.30 bits per heavy atom. The number of hydrogen-bond donors (Lipinski definition) is 2. The third-order valence-electron chi connectivity index (χ3n) is 4.36. The highest BCUT2D eigenvalue weighted by Crippen LogP contribution is 2.23. The van der Waals surface area contributed by atoms with Crippen LogP contribution in [0.5, 0.6) is 0 Å². The van der Waals surface area contributed by atoms with E-state index >= 15 is 0 Å². The number of benzene rings is 2. The summed E-state index contributed by atoms with van der Waals surface area (Å²) in [7, 11) is 0. The topological polar surface area (TPSA) is 111 Å². The molecule has 1 aromatic heterocycles. The van der Waals surface area contributed by atoms with Gasteiger partial charge in [0.05, 0.1) is 16.8 Å². The highest BCUT2D eigenvalue weighted by molar-refractivity contribution is 6.23. The first-order chi connectivity index (χ1) is 13.0. The second-order valence-corrected chi connectivity index (χ2v) is 6.02. The third kappa shape index (κ3) is 2.62. The molecule has 3 aromatic rings. The Bertz CT molecular complexity index is 1180. The highest BCUT2D eigenvalue weighted by Gasteiger charge is 2.31. The molecule has 2 aromatic carbocycles. The molecular formula is C20H13N3O4. The van der Waals surface area contributed by atoms with E-state index in [1.165, 1.54) is 6.07 Å². The minimum absolute atomic E-state index is 0.0422. The van der Waals surface area contributed by atoms with Crippen LogP contribution in [0.4, 0.5) is 5.82 Å². The van der Waals surface area contributed by atoms with Gasteiger partial charge in [0.15, 0.2) is 5.78 Å². The van der Waals surface area contributed by atoms with E-state index in [2.05, 4.69) is 5.32 Å². The van der Waals surface area contributed by atoms with Crippen LogP contribution in [0.25, 0.3) is 5.69 Å². The van der Waals surface area contributed by atoms with E-state index in [0.717, 1.165) is 10.6 Å². The van der Waals surface area contributed by atoms with Gasteiger partial charge in [-0.15, -0.1) is 0 Å². The number of nitrogens with zero attached hydrogens (tertiary/aromatic N) is 1. The molecule has 0 aliphatic carbocycles. The number of nitrogens with two attached hydrogens (primary N) is 1. The molecule has 4 rings (SSSR count). The molecule has 0 atom stereocenters. The first-order valence-electron chi connectivity index (χ1n) is 8.09. The van der Waals surface area contributed by atoms with Crippen molar-refractivity contribution in [1.29, 1.82) is 0 Å². The maximum absolute atomic E-state index is 12.7. The van der Waals surface area contributed by atoms with Gasteiger partial charge in [-0.1, -0.05) is 42.5 Å². The Labute approximate surface area is 153 Å². The molecule has 27 heavy (non-hydrogen) atoms. The van der Waals surface area contributed by atoms with Crippen molar-refractivity contribution in [1.82, 2.24) is 9.88 Å². The van der Waals surface area contributed by atoms with Crippen molar-refractivity contribution < 1.29 is 14.4 Å². The van der Waals surface area contributed by atoms with Gasteiger partial charge in [0, 0.05) is 17.2 Å². The molecule has 132 valence electrons. The maximum Gasteiger partial charge on any atom is 0.262 e. The molecule has 1 aliphatic heterocycles. The molecule has 0 saturated heterocycles. The van der Waals surface area contributed by atoms with Crippen LogP contribution in [0, 0.1) is 0 Å². The van der Waals surface area contributed by atoms with Crippen LogP contribution >= 0.6 is 0 Å². The Balaban J connectivity index is 1.86. The van der Waals surface area contributed by atoms with Gasteiger partial charge in [0.1, 0.15) is 5.82 Å². The van der Waals surface area contributed by atoms with E-state index in [1.807, 2.05) is 6.07 Å². The molecule has 0 spiro atoms. The first-order valence-corrected chi connectivity index (χ1v) is 8.09. The van der Waals surface area contributed by atoms with E-state index in [0.29, 0.717) is 16.8 Å². The smallest absolute Gasteiger partial charge is 0.262 e. The van der Waals surface area contributed by atoms with Crippen molar-refractivity contribution in [3.63, 3.8) is 0 Å². The minimum atomic E-state index is -0.655. The Kier molecular flexibility index (Phi) is 3.70. The van der Waals surface area contributed by atoms with Crippen molar-refractivity contribution in [2.75, 3.05) is 5.73 Å². The second kappa shape index (κ2) is 6.06. The van der Waals surface area contributed by atoms with E-state index in [4.69, 9.17) is 5.73 Å². The number of ketones is 1. The summed E-state index contributed by atoms with van der Waals surface area (Å²) in [6.07, 6.45) is 0. The Morgan fingerprint density at radius 1 is 0.852 bits per heavy atom. The first kappa shape index (κ1) is 16.5. The number of nitrogens with one attached hydrogen (secondary N) is 1. The van der Waals surface area contributed by atoms with Crippen LogP contribution < -0.4 is 16.6 Å². The molecule has 0 saturated carbocycles. The summed E-state index contributed by atoms with van der Waals surface area (Å²) in [4.78, 5) is 48.9. The van der Waals surface area contributed by atoms with Crippen LogP contribution in [0.3, 0.4) is 0 Å². The number of anilines is 1. The molecule has 7 nitrogen and oxygen atoms in total. The predicted octanol–water partition coefficient (Wildman–Crippen LogP) is 1.53. The summed E-state index contributed by atoms with van der Waals surface area (Å²) in [5, 5.41) is 2.12. The molecular weight excluding hydrogens is 346 g/mol. The number of aromatic nitrogens is 1. The fourth-order valence-corrected chi connectivity index (χ4v) is 3.09. The average Bonchev–Trinajstić information content (AvgIpc) is 2.95. The summed E-state index contributed by atoms with van der Waals surface area (Å²) in [5.74, 6) is -1.67. The van der Waals surface area contributed by atoms with Crippen molar-refractivity contribution in [2.24, 2.45) is 0 Å². The number of nitrogen functional groups attached to an aromatic ring is 1. The zero-order chi connectivity index (χ0) is 19.1. The normalized spacial score (nSPS) is 12.6. The molecule has 0 bridgehead atoms. The summed E-state index contributed by atoms with van der Waals surface area (Å²) in [6.45, 7) is 0. The van der Waals surface area contributed by atoms with Gasteiger partial charge in [0.2, 0.25) is 0 Å². The predicted molar refractivity (Wildman–Crippen MR) is 98.1 cm³/mol. The van der Waals surface area contributed by atoms with Crippen LogP contribution in [0.2, 0.25) is 0 Å². The van der Waals surface area contributed by atoms with Crippen molar-refractivity contribution in [3.8, 4) is 5.69 Å². The number of rotatable bonds is 3. The molecule has 7 heteroatoms. The SMILES string of the molecule is Nc1c2c(cc(=O)n1-c1cccc(C(=O)c3ccccc3)c1)C(=O)NC2=O. The van der Waals surface area contributed by atoms with Gasteiger partial charge < -0.3 is 5.73 Å². The zero-order valence-corrected chi connectivity index (χ0v) is 13.9. The van der Waals surface area contributed by atoms with E-state index in [1.54, 1.807) is 42.5 Å². The lowest BCUT2D eigenvalue weighted by Crippen LogP contribution is -2.24. The maximum atomic E-state index is 12.7. The second-order valence-electron chi connectivity index (χ2n) is 6.02. The number of hydrogen-bond acceptors (Lipinski definition) is 5. The number of amides is 2. The standard InChI is InChI=1S/C20H13N3O4/c21-18-16-14(19(26)22-20(16)27)10-15(24)23(18)13-8-4-7-12(9-13)17(25)11-5-2-1-3-6-11/h1-10H,21H2,(H,22,26,27). The summed E-state index contributed by atoms with van der Waals surface area (Å²) >= 11 is 0. The lowest BCUT2D eigenvalue weighted by Gasteiger charge is -2.12. The van der Waals surface area contributed by atoms with Gasteiger partial charge in [-0.25, -0.2) is 0 Å². The fourth-order valence-electron chi connectivity index (χ4n) is 3.09. The molecule has 2 amide bonds. The number of fused-ring (bicyclic) bond motifs is 1. The number of pyridine rings is 1. The van der Waals surface area contributed by atoms with Gasteiger partial charge in [-0.3, -0.25) is 29.1 Å². The third-order valence-corrected chi connectivity index (χ3v) is 4.36. The fraction of sp³-hybridized carbons (Fsp3) is 0. The van der Waals surface area contributed by atoms with Gasteiger partial charge in [0.25, 0.3) is 17.4 Å². The van der Waals surface area contributed by atoms with Crippen LogP contribution in [0.1, 0.15) is 36.6 Å². The number of carbonyl (C=O) groups excluding carboxylic acids is 3. The van der Waals surface area contributed by atoms with Crippen LogP contribution in [-0.2, 0) is 0 Å². The lowest BCUT2D eigenvalue weighted by atomic mass is 10.0. The molecule has 2 heterocycles. The van der Waals surface area contributed by atoms with Gasteiger partial charge >= 0.3 is 0 Å². The molecule has 1 aliphatic rings. The summed E-state index contributed by atoms with van der Waals surface area (Å²) in [6, 6.07) is 16.2.